The van der Waals surface area contributed by atoms with Crippen LogP contribution in [0.15, 0.2) is 64.4 Å². The maximum absolute atomic E-state index is 12.7. The fourth-order valence-electron chi connectivity index (χ4n) is 3.35. The van der Waals surface area contributed by atoms with E-state index in [-0.39, 0.29) is 10.8 Å². The molecule has 0 unspecified atom stereocenters. The molecule has 1 aliphatic heterocycles. The average molecular weight is 481 g/mol. The third-order valence-electron chi connectivity index (χ3n) is 5.32. The molecule has 1 saturated heterocycles. The Morgan fingerprint density at radius 3 is 2.03 bits per heavy atom. The van der Waals surface area contributed by atoms with Crippen LogP contribution in [0, 0.1) is 0 Å². The predicted octanol–water partition coefficient (Wildman–Crippen LogP) is 0.673. The second kappa shape index (κ2) is 10.1. The molecule has 1 N–H and O–H groups in total. The predicted molar refractivity (Wildman–Crippen MR) is 121 cm³/mol. The highest BCUT2D eigenvalue weighted by atomic mass is 32.2. The first-order chi connectivity index (χ1) is 15.1. The van der Waals surface area contributed by atoms with Crippen LogP contribution in [0.3, 0.4) is 0 Å². The highest BCUT2D eigenvalue weighted by Crippen LogP contribution is 2.17. The van der Waals surface area contributed by atoms with Gasteiger partial charge in [-0.3, -0.25) is 9.69 Å². The number of amides is 1. The molecule has 2 aromatic rings. The van der Waals surface area contributed by atoms with Crippen molar-refractivity contribution in [3.05, 3.63) is 60.2 Å². The Balaban J connectivity index is 1.46. The number of nitrogens with one attached hydrogen (secondary N) is 1. The largest absolute Gasteiger partial charge is 0.351 e. The Morgan fingerprint density at radius 1 is 0.875 bits per heavy atom. The lowest BCUT2D eigenvalue weighted by atomic mass is 10.2. The van der Waals surface area contributed by atoms with E-state index < -0.39 is 20.0 Å². The molecule has 9 nitrogen and oxygen atoms in total. The van der Waals surface area contributed by atoms with Crippen LogP contribution in [0.25, 0.3) is 0 Å². The first kappa shape index (κ1) is 24.3. The monoisotopic (exact) mass is 480 g/mol. The van der Waals surface area contributed by atoms with Crippen molar-refractivity contribution in [1.29, 1.82) is 0 Å². The Kier molecular flexibility index (Phi) is 7.67. The van der Waals surface area contributed by atoms with Gasteiger partial charge in [0, 0.05) is 58.9 Å². The van der Waals surface area contributed by atoms with Crippen LogP contribution in [-0.2, 0) is 20.0 Å². The van der Waals surface area contributed by atoms with E-state index in [2.05, 4.69) is 10.2 Å². The number of rotatable bonds is 8. The number of hydrogen-bond donors (Lipinski definition) is 1. The third-order valence-corrected chi connectivity index (χ3v) is 9.06. The molecule has 0 aliphatic carbocycles. The summed E-state index contributed by atoms with van der Waals surface area (Å²) in [5.74, 6) is -0.288. The lowest BCUT2D eigenvalue weighted by molar-refractivity contribution is 0.0945. The zero-order valence-electron chi connectivity index (χ0n) is 18.1. The summed E-state index contributed by atoms with van der Waals surface area (Å²) < 4.78 is 52.2. The molecule has 0 radical (unpaired) electrons. The van der Waals surface area contributed by atoms with Crippen molar-refractivity contribution in [2.45, 2.75) is 9.79 Å². The van der Waals surface area contributed by atoms with Crippen LogP contribution < -0.4 is 5.32 Å². The minimum atomic E-state index is -3.54. The van der Waals surface area contributed by atoms with Crippen LogP contribution >= 0.6 is 0 Å². The third kappa shape index (κ3) is 5.54. The summed E-state index contributed by atoms with van der Waals surface area (Å²) in [6.45, 7) is 2.96. The number of nitrogens with zero attached hydrogens (tertiary/aromatic N) is 3. The molecule has 174 valence electrons. The van der Waals surface area contributed by atoms with Crippen LogP contribution in [-0.4, -0.2) is 89.6 Å². The molecule has 11 heteroatoms. The van der Waals surface area contributed by atoms with E-state index in [4.69, 9.17) is 0 Å². The highest BCUT2D eigenvalue weighted by molar-refractivity contribution is 7.89. The maximum Gasteiger partial charge on any atom is 0.251 e. The normalized spacial score (nSPS) is 16.2. The van der Waals surface area contributed by atoms with Crippen molar-refractivity contribution in [2.24, 2.45) is 0 Å². The van der Waals surface area contributed by atoms with E-state index in [1.165, 1.54) is 42.7 Å². The molecule has 0 aromatic heterocycles. The molecule has 0 atom stereocenters. The number of carbonyl (C=O) groups excluding carboxylic acids is 1. The van der Waals surface area contributed by atoms with Crippen molar-refractivity contribution in [2.75, 3.05) is 53.4 Å². The quantitative estimate of drug-likeness (QED) is 0.595. The van der Waals surface area contributed by atoms with Gasteiger partial charge in [0.15, 0.2) is 0 Å². The van der Waals surface area contributed by atoms with Gasteiger partial charge < -0.3 is 5.32 Å². The van der Waals surface area contributed by atoms with E-state index >= 15 is 0 Å². The first-order valence-corrected chi connectivity index (χ1v) is 13.1. The van der Waals surface area contributed by atoms with Crippen molar-refractivity contribution in [1.82, 2.24) is 18.8 Å². The first-order valence-electron chi connectivity index (χ1n) is 10.2. The van der Waals surface area contributed by atoms with E-state index in [1.54, 1.807) is 30.3 Å². The molecule has 3 rings (SSSR count). The zero-order valence-corrected chi connectivity index (χ0v) is 19.8. The topological polar surface area (TPSA) is 107 Å². The molecule has 0 saturated carbocycles. The summed E-state index contributed by atoms with van der Waals surface area (Å²) in [6.07, 6.45) is 0. The molecule has 1 fully saturated rings. The molecule has 1 heterocycles. The summed E-state index contributed by atoms with van der Waals surface area (Å²) in [7, 11) is -4.12. The smallest absolute Gasteiger partial charge is 0.251 e. The molecular formula is C21H28N4O5S2. The molecule has 2 aromatic carbocycles. The minimum Gasteiger partial charge on any atom is -0.351 e. The zero-order chi connectivity index (χ0) is 23.4. The second-order valence-electron chi connectivity index (χ2n) is 7.63. The standard InChI is InChI=1S/C21H28N4O5S2/c1-23(2)31(27,28)20-10-8-18(9-11-20)21(26)22-12-13-24-14-16-25(17-15-24)32(29,30)19-6-4-3-5-7-19/h3-11H,12-17H2,1-2H3,(H,22,26). The van der Waals surface area contributed by atoms with E-state index in [1.807, 2.05) is 0 Å². The maximum atomic E-state index is 12.7. The molecular weight excluding hydrogens is 452 g/mol. The van der Waals surface area contributed by atoms with Gasteiger partial charge in [0.1, 0.15) is 0 Å². The summed E-state index contributed by atoms with van der Waals surface area (Å²) >= 11 is 0. The van der Waals surface area contributed by atoms with Crippen molar-refractivity contribution >= 4 is 26.0 Å². The summed E-state index contributed by atoms with van der Waals surface area (Å²) in [4.78, 5) is 14.9. The number of carbonyl (C=O) groups is 1. The number of piperazine rings is 1. The van der Waals surface area contributed by atoms with Gasteiger partial charge in [0.2, 0.25) is 20.0 Å². The molecule has 0 bridgehead atoms. The molecule has 32 heavy (non-hydrogen) atoms. The van der Waals surface area contributed by atoms with E-state index in [0.29, 0.717) is 49.7 Å². The lowest BCUT2D eigenvalue weighted by Gasteiger charge is -2.33. The number of sulfonamides is 2. The molecule has 0 spiro atoms. The molecule has 1 aliphatic rings. The number of hydrogen-bond acceptors (Lipinski definition) is 6. The van der Waals surface area contributed by atoms with Crippen LogP contribution in [0.2, 0.25) is 0 Å². The van der Waals surface area contributed by atoms with Gasteiger partial charge in [0.25, 0.3) is 5.91 Å². The van der Waals surface area contributed by atoms with Gasteiger partial charge in [0.05, 0.1) is 9.79 Å². The van der Waals surface area contributed by atoms with Gasteiger partial charge in [-0.1, -0.05) is 18.2 Å². The van der Waals surface area contributed by atoms with Gasteiger partial charge in [-0.25, -0.2) is 21.1 Å². The highest BCUT2D eigenvalue weighted by Gasteiger charge is 2.28. The Bertz CT molecular complexity index is 1130. The Labute approximate surface area is 189 Å². The van der Waals surface area contributed by atoms with Crippen LogP contribution in [0.5, 0.6) is 0 Å². The number of benzene rings is 2. The van der Waals surface area contributed by atoms with E-state index in [9.17, 15) is 21.6 Å². The summed E-state index contributed by atoms with van der Waals surface area (Å²) in [5, 5.41) is 2.82. The fraction of sp³-hybridized carbons (Fsp3) is 0.381. The Morgan fingerprint density at radius 2 is 1.47 bits per heavy atom. The van der Waals surface area contributed by atoms with Crippen LogP contribution in [0.1, 0.15) is 10.4 Å². The van der Waals surface area contributed by atoms with Crippen molar-refractivity contribution in [3.8, 4) is 0 Å². The van der Waals surface area contributed by atoms with Crippen LogP contribution in [0.4, 0.5) is 0 Å². The summed E-state index contributed by atoms with van der Waals surface area (Å²) in [5.41, 5.74) is 0.376. The van der Waals surface area contributed by atoms with Gasteiger partial charge >= 0.3 is 0 Å². The van der Waals surface area contributed by atoms with Gasteiger partial charge in [-0.15, -0.1) is 0 Å². The average Bonchev–Trinajstić information content (AvgIpc) is 2.80. The lowest BCUT2D eigenvalue weighted by Crippen LogP contribution is -2.50. The SMILES string of the molecule is CN(C)S(=O)(=O)c1ccc(C(=O)NCCN2CCN(S(=O)(=O)c3ccccc3)CC2)cc1. The van der Waals surface area contributed by atoms with Crippen molar-refractivity contribution in [3.63, 3.8) is 0 Å². The van der Waals surface area contributed by atoms with E-state index in [0.717, 1.165) is 4.31 Å². The molecule has 1 amide bonds. The second-order valence-corrected chi connectivity index (χ2v) is 11.7. The Hall–Kier alpha value is -2.31. The van der Waals surface area contributed by atoms with Gasteiger partial charge in [-0.2, -0.15) is 4.31 Å². The minimum absolute atomic E-state index is 0.127. The van der Waals surface area contributed by atoms with Crippen molar-refractivity contribution < 1.29 is 21.6 Å². The van der Waals surface area contributed by atoms with Gasteiger partial charge in [-0.05, 0) is 36.4 Å². The summed E-state index contributed by atoms with van der Waals surface area (Å²) in [6, 6.07) is 14.2. The fourth-order valence-corrected chi connectivity index (χ4v) is 5.70.